The van der Waals surface area contributed by atoms with Gasteiger partial charge < -0.3 is 15.7 Å². The van der Waals surface area contributed by atoms with E-state index < -0.39 is 23.1 Å². The van der Waals surface area contributed by atoms with E-state index in [1.165, 1.54) is 29.8 Å². The smallest absolute Gasteiger partial charge is 0.355 e. The molecular weight excluding hydrogens is 472 g/mol. The molecule has 1 aromatic heterocycles. The van der Waals surface area contributed by atoms with Crippen molar-refractivity contribution in [1.29, 1.82) is 0 Å². The molecule has 11 heteroatoms. The second-order valence-electron chi connectivity index (χ2n) is 7.28. The first-order chi connectivity index (χ1) is 15.9. The van der Waals surface area contributed by atoms with Crippen LogP contribution >= 0.6 is 22.9 Å². The number of hydrogen-bond acceptors (Lipinski definition) is 7. The summed E-state index contributed by atoms with van der Waals surface area (Å²) in [5.41, 5.74) is 0.114. The van der Waals surface area contributed by atoms with Crippen molar-refractivity contribution in [2.75, 3.05) is 5.32 Å². The molecule has 5 rings (SSSR count). The van der Waals surface area contributed by atoms with Crippen LogP contribution in [0.2, 0.25) is 0 Å². The largest absolute Gasteiger partial charge is 0.476 e. The summed E-state index contributed by atoms with van der Waals surface area (Å²) in [6.07, 6.45) is 8.41. The summed E-state index contributed by atoms with van der Waals surface area (Å²) in [5, 5.41) is 17.1. The number of halogens is 3. The second kappa shape index (κ2) is 8.05. The van der Waals surface area contributed by atoms with Gasteiger partial charge >= 0.3 is 5.97 Å². The average Bonchev–Trinajstić information content (AvgIpc) is 3.17. The van der Waals surface area contributed by atoms with Gasteiger partial charge in [0.1, 0.15) is 17.2 Å². The van der Waals surface area contributed by atoms with E-state index in [2.05, 4.69) is 20.6 Å². The highest BCUT2D eigenvalue weighted by Gasteiger charge is 2.44. The van der Waals surface area contributed by atoms with Gasteiger partial charge in [-0.1, -0.05) is 23.7 Å². The number of anilines is 1. The summed E-state index contributed by atoms with van der Waals surface area (Å²) in [7, 11) is 0. The predicted molar refractivity (Wildman–Crippen MR) is 124 cm³/mol. The van der Waals surface area contributed by atoms with Crippen LogP contribution < -0.4 is 10.6 Å². The van der Waals surface area contributed by atoms with E-state index in [4.69, 9.17) is 21.7 Å². The van der Waals surface area contributed by atoms with Crippen molar-refractivity contribution in [2.24, 2.45) is 9.98 Å². The van der Waals surface area contributed by atoms with Crippen molar-refractivity contribution in [3.8, 4) is 0 Å². The van der Waals surface area contributed by atoms with Crippen molar-refractivity contribution in [2.45, 2.75) is 12.0 Å². The minimum atomic E-state index is -1.19. The number of carbonyl (C=O) groups is 1. The molecule has 2 aliphatic heterocycles. The molecule has 0 amide bonds. The van der Waals surface area contributed by atoms with Crippen LogP contribution in [0.15, 0.2) is 74.3 Å². The molecule has 166 valence electrons. The maximum absolute atomic E-state index is 14.7. The Morgan fingerprint density at radius 2 is 2.09 bits per heavy atom. The number of nitrogens with zero attached hydrogens (tertiary/aromatic N) is 3. The van der Waals surface area contributed by atoms with E-state index >= 15 is 0 Å². The predicted octanol–water partition coefficient (Wildman–Crippen LogP) is 4.69. The Hall–Kier alpha value is -3.63. The van der Waals surface area contributed by atoms with E-state index in [9.17, 15) is 13.6 Å². The first kappa shape index (κ1) is 21.2. The number of carboxylic acids is 1. The number of nitrogens with one attached hydrogen (secondary N) is 2. The molecule has 0 bridgehead atoms. The van der Waals surface area contributed by atoms with Gasteiger partial charge in [0.15, 0.2) is 10.8 Å². The minimum absolute atomic E-state index is 0.0983. The third-order valence-electron chi connectivity index (χ3n) is 5.31. The maximum atomic E-state index is 14.7. The lowest BCUT2D eigenvalue weighted by molar-refractivity contribution is 0.0691. The fraction of sp³-hybridized carbons (Fsp3) is 0.0909. The zero-order chi connectivity index (χ0) is 23.2. The average molecular weight is 486 g/mol. The lowest BCUT2D eigenvalue weighted by Crippen LogP contribution is -2.45. The SMILES string of the molecule is O=C(O)c1csc(NC2=NC34C=NC=C(Cl)C=C3C(c3c(F)cccc3F)=CCC4=CN2)n1. The molecule has 0 saturated carbocycles. The number of aromatic carboxylic acids is 1. The van der Waals surface area contributed by atoms with Crippen LogP contribution in [0.3, 0.4) is 0 Å². The van der Waals surface area contributed by atoms with Gasteiger partial charge in [-0.05, 0) is 41.3 Å². The molecule has 33 heavy (non-hydrogen) atoms. The van der Waals surface area contributed by atoms with Gasteiger partial charge in [-0.2, -0.15) is 0 Å². The number of aromatic nitrogens is 1. The number of guanidine groups is 1. The molecule has 1 atom stereocenters. The van der Waals surface area contributed by atoms with Crippen molar-refractivity contribution >= 4 is 51.8 Å². The normalized spacial score (nSPS) is 21.2. The van der Waals surface area contributed by atoms with E-state index in [0.717, 1.165) is 16.9 Å². The number of rotatable bonds is 3. The summed E-state index contributed by atoms with van der Waals surface area (Å²) in [5.74, 6) is -2.29. The number of allylic oxidation sites excluding steroid dienone is 3. The highest BCUT2D eigenvalue weighted by atomic mass is 35.5. The fourth-order valence-electron chi connectivity index (χ4n) is 3.87. The number of hydrogen-bond donors (Lipinski definition) is 3. The molecule has 7 nitrogen and oxygen atoms in total. The topological polar surface area (TPSA) is 99.0 Å². The summed E-state index contributed by atoms with van der Waals surface area (Å²) in [6, 6.07) is 3.70. The molecule has 3 N–H and O–H groups in total. The molecule has 2 aromatic rings. The number of benzene rings is 1. The van der Waals surface area contributed by atoms with Crippen molar-refractivity contribution < 1.29 is 18.7 Å². The summed E-state index contributed by atoms with van der Waals surface area (Å²) in [6.45, 7) is 0. The highest BCUT2D eigenvalue weighted by molar-refractivity contribution is 7.14. The number of aliphatic imine (C=N–C) groups is 2. The van der Waals surface area contributed by atoms with Crippen LogP contribution in [0.1, 0.15) is 22.5 Å². The van der Waals surface area contributed by atoms with Gasteiger partial charge in [-0.3, -0.25) is 4.99 Å². The lowest BCUT2D eigenvalue weighted by atomic mass is 9.72. The van der Waals surface area contributed by atoms with Crippen molar-refractivity contribution in [3.63, 3.8) is 0 Å². The molecule has 1 aromatic carbocycles. The van der Waals surface area contributed by atoms with Crippen LogP contribution in [0, 0.1) is 11.6 Å². The van der Waals surface area contributed by atoms with Gasteiger partial charge in [0.25, 0.3) is 0 Å². The van der Waals surface area contributed by atoms with E-state index in [1.807, 2.05) is 0 Å². The van der Waals surface area contributed by atoms with Crippen LogP contribution in [0.4, 0.5) is 13.9 Å². The quantitative estimate of drug-likeness (QED) is 0.585. The molecule has 1 spiro atoms. The van der Waals surface area contributed by atoms with Gasteiger partial charge in [-0.25, -0.2) is 23.6 Å². The molecule has 0 radical (unpaired) electrons. The van der Waals surface area contributed by atoms with Gasteiger partial charge in [0.2, 0.25) is 5.96 Å². The summed E-state index contributed by atoms with van der Waals surface area (Å²) in [4.78, 5) is 24.2. The van der Waals surface area contributed by atoms with E-state index in [-0.39, 0.29) is 22.2 Å². The van der Waals surface area contributed by atoms with Crippen LogP contribution in [0.5, 0.6) is 0 Å². The van der Waals surface area contributed by atoms with Crippen molar-refractivity contribution in [1.82, 2.24) is 10.3 Å². The Balaban J connectivity index is 1.62. The Bertz CT molecular complexity index is 1350. The molecule has 3 heterocycles. The van der Waals surface area contributed by atoms with Gasteiger partial charge in [-0.15, -0.1) is 11.3 Å². The first-order valence-corrected chi connectivity index (χ1v) is 10.9. The monoisotopic (exact) mass is 485 g/mol. The van der Waals surface area contributed by atoms with Crippen LogP contribution in [-0.4, -0.2) is 33.8 Å². The van der Waals surface area contributed by atoms with Crippen molar-refractivity contribution in [3.05, 3.63) is 87.2 Å². The Labute approximate surface area is 195 Å². The Morgan fingerprint density at radius 1 is 1.30 bits per heavy atom. The molecule has 0 fully saturated rings. The molecule has 0 saturated heterocycles. The lowest BCUT2D eigenvalue weighted by Gasteiger charge is -2.38. The second-order valence-corrected chi connectivity index (χ2v) is 8.57. The summed E-state index contributed by atoms with van der Waals surface area (Å²) >= 11 is 7.39. The Kier molecular flexibility index (Phi) is 5.18. The number of thiazole rings is 1. The molecule has 1 aliphatic carbocycles. The molecule has 3 aliphatic rings. The third kappa shape index (κ3) is 3.66. The van der Waals surface area contributed by atoms with Gasteiger partial charge in [0, 0.05) is 24.0 Å². The molecule has 1 unspecified atom stereocenters. The fourth-order valence-corrected chi connectivity index (χ4v) is 4.72. The minimum Gasteiger partial charge on any atom is -0.476 e. The first-order valence-electron chi connectivity index (χ1n) is 9.66. The van der Waals surface area contributed by atoms with Crippen LogP contribution in [-0.2, 0) is 0 Å². The number of carboxylic acid groups (broad SMARTS) is 1. The maximum Gasteiger partial charge on any atom is 0.355 e. The van der Waals surface area contributed by atoms with Gasteiger partial charge in [0.05, 0.1) is 10.6 Å². The van der Waals surface area contributed by atoms with E-state index in [0.29, 0.717) is 22.7 Å². The standard InChI is InChI=1S/C22H14ClF2N5O2S/c23-12-6-14-13(18-15(24)2-1-3-16(18)25)5-4-11-7-27-20(30-22(11,14)10-26-8-12)29-21-28-17(9-33-21)19(31)32/h1-3,5-10H,4H2,(H,31,32)(H2,27,28,29,30). The van der Waals surface area contributed by atoms with E-state index in [1.54, 1.807) is 24.6 Å². The molecular formula is C22H14ClF2N5O2S. The summed E-state index contributed by atoms with van der Waals surface area (Å²) < 4.78 is 29.5. The Morgan fingerprint density at radius 3 is 2.82 bits per heavy atom. The third-order valence-corrected chi connectivity index (χ3v) is 6.27. The zero-order valence-corrected chi connectivity index (χ0v) is 18.2. The zero-order valence-electron chi connectivity index (χ0n) is 16.6. The van der Waals surface area contributed by atoms with Crippen LogP contribution in [0.25, 0.3) is 5.57 Å². The highest BCUT2D eigenvalue weighted by Crippen LogP contribution is 2.47.